The van der Waals surface area contributed by atoms with Crippen molar-refractivity contribution in [1.29, 1.82) is 0 Å². The minimum atomic E-state index is 0.681. The van der Waals surface area contributed by atoms with E-state index in [0.29, 0.717) is 5.02 Å². The Hall–Kier alpha value is -1.82. The summed E-state index contributed by atoms with van der Waals surface area (Å²) in [7, 11) is 0. The zero-order valence-corrected chi connectivity index (χ0v) is 21.4. The highest BCUT2D eigenvalue weighted by atomic mass is 79.9. The SMILES string of the molecule is CC(=Nc1c(C)cc(C)cc1Br)c1cccc(C(C)=Nc2c(C)cc(Cl)cc2Br)n1. The predicted molar refractivity (Wildman–Crippen MR) is 135 cm³/mol. The summed E-state index contributed by atoms with van der Waals surface area (Å²) in [5.41, 5.74) is 8.41. The second kappa shape index (κ2) is 9.54. The van der Waals surface area contributed by atoms with Gasteiger partial charge in [-0.05, 0) is 114 Å². The van der Waals surface area contributed by atoms with Gasteiger partial charge in [0, 0.05) is 14.0 Å². The maximum absolute atomic E-state index is 6.12. The maximum Gasteiger partial charge on any atom is 0.0849 e. The minimum Gasteiger partial charge on any atom is -0.250 e. The van der Waals surface area contributed by atoms with E-state index < -0.39 is 0 Å². The Morgan fingerprint density at radius 1 is 0.800 bits per heavy atom. The van der Waals surface area contributed by atoms with Gasteiger partial charge < -0.3 is 0 Å². The molecule has 1 heterocycles. The first kappa shape index (κ1) is 22.9. The second-order valence-electron chi connectivity index (χ2n) is 7.27. The Labute approximate surface area is 199 Å². The van der Waals surface area contributed by atoms with Gasteiger partial charge in [-0.3, -0.25) is 9.98 Å². The van der Waals surface area contributed by atoms with E-state index in [9.17, 15) is 0 Å². The van der Waals surface area contributed by atoms with Crippen LogP contribution in [0.2, 0.25) is 5.02 Å². The monoisotopic (exact) mass is 545 g/mol. The summed E-state index contributed by atoms with van der Waals surface area (Å²) in [6.07, 6.45) is 0. The first-order chi connectivity index (χ1) is 14.2. The smallest absolute Gasteiger partial charge is 0.0849 e. The summed E-state index contributed by atoms with van der Waals surface area (Å²) in [4.78, 5) is 14.4. The number of nitrogens with zero attached hydrogens (tertiary/aromatic N) is 3. The van der Waals surface area contributed by atoms with Crippen molar-refractivity contribution in [3.05, 3.63) is 84.5 Å². The van der Waals surface area contributed by atoms with E-state index in [4.69, 9.17) is 26.6 Å². The Balaban J connectivity index is 1.99. The summed E-state index contributed by atoms with van der Waals surface area (Å²) < 4.78 is 1.84. The summed E-state index contributed by atoms with van der Waals surface area (Å²) in [5, 5.41) is 0.681. The van der Waals surface area contributed by atoms with Gasteiger partial charge in [0.15, 0.2) is 0 Å². The third-order valence-corrected chi connectivity index (χ3v) is 6.09. The molecule has 6 heteroatoms. The van der Waals surface area contributed by atoms with Crippen molar-refractivity contribution in [1.82, 2.24) is 4.98 Å². The van der Waals surface area contributed by atoms with Crippen LogP contribution in [0, 0.1) is 20.8 Å². The van der Waals surface area contributed by atoms with Crippen molar-refractivity contribution in [2.45, 2.75) is 34.6 Å². The number of hydrogen-bond acceptors (Lipinski definition) is 3. The molecule has 0 aliphatic heterocycles. The van der Waals surface area contributed by atoms with Crippen molar-refractivity contribution in [2.24, 2.45) is 9.98 Å². The molecule has 0 N–H and O–H groups in total. The summed E-state index contributed by atoms with van der Waals surface area (Å²) >= 11 is 13.3. The molecular weight excluding hydrogens is 526 g/mol. The molecule has 0 aliphatic rings. The first-order valence-corrected chi connectivity index (χ1v) is 11.4. The highest BCUT2D eigenvalue weighted by molar-refractivity contribution is 9.11. The molecule has 0 aliphatic carbocycles. The van der Waals surface area contributed by atoms with Gasteiger partial charge in [0.1, 0.15) is 0 Å². The summed E-state index contributed by atoms with van der Waals surface area (Å²) in [5.74, 6) is 0. The quantitative estimate of drug-likeness (QED) is 0.302. The fraction of sp³-hybridized carbons (Fsp3) is 0.208. The van der Waals surface area contributed by atoms with Crippen LogP contribution in [-0.2, 0) is 0 Å². The highest BCUT2D eigenvalue weighted by Gasteiger charge is 2.10. The molecule has 0 bridgehead atoms. The molecule has 2 aromatic carbocycles. The number of aromatic nitrogens is 1. The van der Waals surface area contributed by atoms with Crippen LogP contribution >= 0.6 is 43.5 Å². The number of pyridine rings is 1. The molecule has 1 aromatic heterocycles. The molecule has 0 fully saturated rings. The van der Waals surface area contributed by atoms with Crippen LogP contribution in [0.25, 0.3) is 0 Å². The van der Waals surface area contributed by atoms with Gasteiger partial charge in [-0.15, -0.1) is 0 Å². The highest BCUT2D eigenvalue weighted by Crippen LogP contribution is 2.33. The number of rotatable bonds is 4. The molecule has 154 valence electrons. The standard InChI is InChI=1S/C24H22Br2ClN3/c1-13-9-14(2)23(19(25)10-13)28-16(4)21-7-6-8-22(30-21)17(5)29-24-15(3)11-18(27)12-20(24)26/h6-12H,1-5H3. The van der Waals surface area contributed by atoms with Crippen molar-refractivity contribution < 1.29 is 0 Å². The molecule has 0 spiro atoms. The van der Waals surface area contributed by atoms with E-state index in [1.807, 2.05) is 51.1 Å². The maximum atomic E-state index is 6.12. The minimum absolute atomic E-state index is 0.681. The van der Waals surface area contributed by atoms with Crippen molar-refractivity contribution in [3.8, 4) is 0 Å². The average molecular weight is 548 g/mol. The lowest BCUT2D eigenvalue weighted by Crippen LogP contribution is -2.05. The number of aliphatic imine (C=N–C) groups is 2. The zero-order chi connectivity index (χ0) is 22.0. The Morgan fingerprint density at radius 2 is 1.30 bits per heavy atom. The topological polar surface area (TPSA) is 37.6 Å². The zero-order valence-electron chi connectivity index (χ0n) is 17.5. The average Bonchev–Trinajstić information content (AvgIpc) is 2.67. The van der Waals surface area contributed by atoms with Gasteiger partial charge >= 0.3 is 0 Å². The van der Waals surface area contributed by atoms with Crippen molar-refractivity contribution in [2.75, 3.05) is 0 Å². The van der Waals surface area contributed by atoms with E-state index >= 15 is 0 Å². The molecule has 0 unspecified atom stereocenters. The van der Waals surface area contributed by atoms with Crippen molar-refractivity contribution in [3.63, 3.8) is 0 Å². The van der Waals surface area contributed by atoms with Gasteiger partial charge in [0.05, 0.1) is 34.2 Å². The number of benzene rings is 2. The lowest BCUT2D eigenvalue weighted by molar-refractivity contribution is 1.23. The largest absolute Gasteiger partial charge is 0.250 e. The number of halogens is 3. The third-order valence-electron chi connectivity index (χ3n) is 4.67. The third kappa shape index (κ3) is 5.26. The Kier molecular flexibility index (Phi) is 7.27. The first-order valence-electron chi connectivity index (χ1n) is 9.46. The molecule has 3 aromatic rings. The van der Waals surface area contributed by atoms with Gasteiger partial charge in [0.25, 0.3) is 0 Å². The molecule has 3 rings (SSSR count). The molecule has 0 amide bonds. The van der Waals surface area contributed by atoms with E-state index in [0.717, 1.165) is 54.3 Å². The van der Waals surface area contributed by atoms with Crippen LogP contribution in [0.5, 0.6) is 0 Å². The van der Waals surface area contributed by atoms with Crippen LogP contribution < -0.4 is 0 Å². The lowest BCUT2D eigenvalue weighted by Gasteiger charge is -2.09. The Morgan fingerprint density at radius 3 is 1.80 bits per heavy atom. The number of hydrogen-bond donors (Lipinski definition) is 0. The van der Waals surface area contributed by atoms with E-state index in [1.54, 1.807) is 0 Å². The van der Waals surface area contributed by atoms with Gasteiger partial charge in [-0.1, -0.05) is 23.7 Å². The van der Waals surface area contributed by atoms with Crippen LogP contribution in [0.4, 0.5) is 11.4 Å². The molecule has 0 saturated carbocycles. The number of aryl methyl sites for hydroxylation is 3. The van der Waals surface area contributed by atoms with E-state index in [1.165, 1.54) is 5.56 Å². The van der Waals surface area contributed by atoms with Gasteiger partial charge in [0.2, 0.25) is 0 Å². The van der Waals surface area contributed by atoms with E-state index in [-0.39, 0.29) is 0 Å². The van der Waals surface area contributed by atoms with Gasteiger partial charge in [-0.25, -0.2) is 4.98 Å². The Bertz CT molecular complexity index is 1050. The predicted octanol–water partition coefficient (Wildman–Crippen LogP) is 8.47. The van der Waals surface area contributed by atoms with Gasteiger partial charge in [-0.2, -0.15) is 0 Å². The van der Waals surface area contributed by atoms with Crippen LogP contribution in [0.1, 0.15) is 41.9 Å². The molecule has 0 saturated heterocycles. The van der Waals surface area contributed by atoms with Crippen molar-refractivity contribution >= 4 is 66.3 Å². The summed E-state index contributed by atoms with van der Waals surface area (Å²) in [6.45, 7) is 10.1. The second-order valence-corrected chi connectivity index (χ2v) is 9.41. The molecule has 0 radical (unpaired) electrons. The fourth-order valence-corrected chi connectivity index (χ4v) is 4.99. The normalized spacial score (nSPS) is 12.4. The fourth-order valence-electron chi connectivity index (χ4n) is 3.17. The molecule has 30 heavy (non-hydrogen) atoms. The molecular formula is C24H22Br2ClN3. The van der Waals surface area contributed by atoms with E-state index in [2.05, 4.69) is 57.8 Å². The lowest BCUT2D eigenvalue weighted by atomic mass is 10.1. The summed E-state index contributed by atoms with van der Waals surface area (Å²) in [6, 6.07) is 13.9. The van der Waals surface area contributed by atoms with Crippen LogP contribution in [0.3, 0.4) is 0 Å². The van der Waals surface area contributed by atoms with Crippen LogP contribution in [-0.4, -0.2) is 16.4 Å². The molecule has 3 nitrogen and oxygen atoms in total. The molecule has 0 atom stereocenters. The van der Waals surface area contributed by atoms with Crippen LogP contribution in [0.15, 0.2) is 61.4 Å².